The highest BCUT2D eigenvalue weighted by atomic mass is 16.6. The lowest BCUT2D eigenvalue weighted by Crippen LogP contribution is -2.17. The number of nitrogens with zero attached hydrogens (tertiary/aromatic N) is 2. The molecule has 7 heteroatoms. The summed E-state index contributed by atoms with van der Waals surface area (Å²) in [6, 6.07) is 14.0. The number of carbonyl (C=O) groups is 2. The Labute approximate surface area is 137 Å². The number of benzene rings is 2. The van der Waals surface area contributed by atoms with Crippen molar-refractivity contribution in [2.75, 3.05) is 11.9 Å². The van der Waals surface area contributed by atoms with Gasteiger partial charge in [0.25, 0.3) is 0 Å². The van der Waals surface area contributed by atoms with Crippen LogP contribution in [0.3, 0.4) is 0 Å². The zero-order chi connectivity index (χ0) is 16.9. The molecule has 1 N–H and O–H groups in total. The number of nitrogens with one attached hydrogen (secondary N) is 1. The molecule has 0 unspecified atom stereocenters. The van der Waals surface area contributed by atoms with Crippen LogP contribution in [0.5, 0.6) is 5.75 Å². The van der Waals surface area contributed by atoms with Gasteiger partial charge in [0.05, 0.1) is 23.7 Å². The first kappa shape index (κ1) is 15.5. The molecule has 0 aliphatic heterocycles. The normalized spacial score (nSPS) is 10.4. The molecule has 7 nitrogen and oxygen atoms in total. The van der Waals surface area contributed by atoms with Crippen molar-refractivity contribution in [3.8, 4) is 5.75 Å². The lowest BCUT2D eigenvalue weighted by atomic mass is 10.2. The van der Waals surface area contributed by atoms with E-state index in [4.69, 9.17) is 9.47 Å². The molecule has 122 valence electrons. The van der Waals surface area contributed by atoms with Gasteiger partial charge < -0.3 is 9.47 Å². The van der Waals surface area contributed by atoms with Crippen molar-refractivity contribution in [2.45, 2.75) is 6.92 Å². The van der Waals surface area contributed by atoms with Gasteiger partial charge in [-0.15, -0.1) is 0 Å². The Morgan fingerprint density at radius 1 is 1.12 bits per heavy atom. The van der Waals surface area contributed by atoms with Gasteiger partial charge in [-0.2, -0.15) is 9.78 Å². The van der Waals surface area contributed by atoms with E-state index >= 15 is 0 Å². The van der Waals surface area contributed by atoms with Crippen LogP contribution in [0.25, 0.3) is 10.9 Å². The maximum atomic E-state index is 12.0. The summed E-state index contributed by atoms with van der Waals surface area (Å²) in [5, 5.41) is 7.16. The number of amides is 1. The number of hydrogen-bond donors (Lipinski definition) is 1. The predicted molar refractivity (Wildman–Crippen MR) is 88.2 cm³/mol. The van der Waals surface area contributed by atoms with Crippen LogP contribution in [0.4, 0.5) is 15.3 Å². The first-order chi connectivity index (χ1) is 11.7. The lowest BCUT2D eigenvalue weighted by Gasteiger charge is -2.07. The highest BCUT2D eigenvalue weighted by Crippen LogP contribution is 2.26. The van der Waals surface area contributed by atoms with Gasteiger partial charge in [-0.3, -0.25) is 5.32 Å². The summed E-state index contributed by atoms with van der Waals surface area (Å²) in [5.41, 5.74) is 1.12. The van der Waals surface area contributed by atoms with Crippen LogP contribution in [0.15, 0.2) is 54.7 Å². The molecule has 2 aromatic carbocycles. The highest BCUT2D eigenvalue weighted by molar-refractivity contribution is 5.94. The topological polar surface area (TPSA) is 82.5 Å². The molecule has 1 aromatic heterocycles. The largest absolute Gasteiger partial charge is 0.448 e. The average Bonchev–Trinajstić information content (AvgIpc) is 3.01. The molecule has 3 aromatic rings. The second-order valence-corrected chi connectivity index (χ2v) is 4.82. The van der Waals surface area contributed by atoms with Gasteiger partial charge in [0.15, 0.2) is 0 Å². The van der Waals surface area contributed by atoms with Crippen molar-refractivity contribution in [3.05, 3.63) is 54.7 Å². The smallest absolute Gasteiger partial charge is 0.435 e. The average molecular weight is 325 g/mol. The Morgan fingerprint density at radius 3 is 2.67 bits per heavy atom. The van der Waals surface area contributed by atoms with E-state index < -0.39 is 12.2 Å². The molecule has 0 saturated carbocycles. The van der Waals surface area contributed by atoms with Crippen LogP contribution in [-0.2, 0) is 4.74 Å². The Balaban J connectivity index is 1.82. The molecule has 0 radical (unpaired) electrons. The SMILES string of the molecule is CCOC(=O)n1ncc2c(OC(=O)Nc3ccccc3)cccc21. The summed E-state index contributed by atoms with van der Waals surface area (Å²) in [5.74, 6) is 0.302. The summed E-state index contributed by atoms with van der Waals surface area (Å²) in [6.07, 6.45) is 0.244. The zero-order valence-electron chi connectivity index (χ0n) is 12.9. The van der Waals surface area contributed by atoms with Crippen molar-refractivity contribution in [1.29, 1.82) is 0 Å². The molecule has 0 aliphatic carbocycles. The minimum Gasteiger partial charge on any atom is -0.448 e. The fourth-order valence-electron chi connectivity index (χ4n) is 2.21. The van der Waals surface area contributed by atoms with E-state index in [9.17, 15) is 9.59 Å². The lowest BCUT2D eigenvalue weighted by molar-refractivity contribution is 0.151. The third-order valence-corrected chi connectivity index (χ3v) is 3.24. The highest BCUT2D eigenvalue weighted by Gasteiger charge is 2.15. The summed E-state index contributed by atoms with van der Waals surface area (Å²) in [4.78, 5) is 23.9. The fraction of sp³-hybridized carbons (Fsp3) is 0.118. The van der Waals surface area contributed by atoms with Crippen LogP contribution in [-0.4, -0.2) is 28.6 Å². The number of fused-ring (bicyclic) bond motifs is 1. The minimum absolute atomic E-state index is 0.246. The molecule has 0 bridgehead atoms. The van der Waals surface area contributed by atoms with Crippen LogP contribution in [0.1, 0.15) is 6.92 Å². The summed E-state index contributed by atoms with van der Waals surface area (Å²) >= 11 is 0. The Bertz CT molecular complexity index is 874. The van der Waals surface area contributed by atoms with Crippen LogP contribution < -0.4 is 10.1 Å². The number of hydrogen-bond acceptors (Lipinski definition) is 5. The van der Waals surface area contributed by atoms with Gasteiger partial charge in [-0.1, -0.05) is 24.3 Å². The van der Waals surface area contributed by atoms with Crippen molar-refractivity contribution in [2.24, 2.45) is 0 Å². The molecule has 1 amide bonds. The van der Waals surface area contributed by atoms with Gasteiger partial charge in [0.2, 0.25) is 0 Å². The molecular formula is C17H15N3O4. The van der Waals surface area contributed by atoms with E-state index in [1.807, 2.05) is 6.07 Å². The van der Waals surface area contributed by atoms with Gasteiger partial charge >= 0.3 is 12.2 Å². The summed E-state index contributed by atoms with van der Waals surface area (Å²) < 4.78 is 11.4. The van der Waals surface area contributed by atoms with Crippen LogP contribution in [0.2, 0.25) is 0 Å². The molecule has 3 rings (SSSR count). The van der Waals surface area contributed by atoms with E-state index in [1.54, 1.807) is 49.4 Å². The van der Waals surface area contributed by atoms with Crippen molar-refractivity contribution in [3.63, 3.8) is 0 Å². The van der Waals surface area contributed by atoms with Gasteiger partial charge in [0, 0.05) is 5.69 Å². The Morgan fingerprint density at radius 2 is 1.92 bits per heavy atom. The monoisotopic (exact) mass is 325 g/mol. The number of para-hydroxylation sites is 1. The zero-order valence-corrected chi connectivity index (χ0v) is 12.9. The second kappa shape index (κ2) is 6.82. The molecule has 0 aliphatic rings. The van der Waals surface area contributed by atoms with Crippen LogP contribution >= 0.6 is 0 Å². The molecule has 0 saturated heterocycles. The summed E-state index contributed by atoms with van der Waals surface area (Å²) in [7, 11) is 0. The number of ether oxygens (including phenoxy) is 2. The van der Waals surface area contributed by atoms with E-state index in [0.29, 0.717) is 22.3 Å². The fourth-order valence-corrected chi connectivity index (χ4v) is 2.21. The Kier molecular flexibility index (Phi) is 4.42. The maximum absolute atomic E-state index is 12.0. The van der Waals surface area contributed by atoms with E-state index in [1.165, 1.54) is 6.20 Å². The van der Waals surface area contributed by atoms with E-state index in [0.717, 1.165) is 4.68 Å². The van der Waals surface area contributed by atoms with Gasteiger partial charge in [0.1, 0.15) is 5.75 Å². The van der Waals surface area contributed by atoms with E-state index in [-0.39, 0.29) is 6.61 Å². The maximum Gasteiger partial charge on any atom is 0.435 e. The summed E-state index contributed by atoms with van der Waals surface area (Å²) in [6.45, 7) is 1.96. The molecular weight excluding hydrogens is 310 g/mol. The molecule has 0 spiro atoms. The van der Waals surface area contributed by atoms with Gasteiger partial charge in [-0.05, 0) is 31.2 Å². The third kappa shape index (κ3) is 3.19. The quantitative estimate of drug-likeness (QED) is 0.795. The molecule has 24 heavy (non-hydrogen) atoms. The number of carbonyl (C=O) groups excluding carboxylic acids is 2. The minimum atomic E-state index is -0.627. The van der Waals surface area contributed by atoms with Crippen LogP contribution in [0, 0.1) is 0 Å². The molecule has 0 atom stereocenters. The standard InChI is InChI=1S/C17H15N3O4/c1-2-23-17(22)20-14-9-6-10-15(13(14)11-18-20)24-16(21)19-12-7-4-3-5-8-12/h3-11H,2H2,1H3,(H,19,21). The van der Waals surface area contributed by atoms with Gasteiger partial charge in [-0.25, -0.2) is 9.59 Å². The van der Waals surface area contributed by atoms with E-state index in [2.05, 4.69) is 10.4 Å². The second-order valence-electron chi connectivity index (χ2n) is 4.82. The number of aromatic nitrogens is 2. The molecule has 1 heterocycles. The first-order valence-electron chi connectivity index (χ1n) is 7.37. The van der Waals surface area contributed by atoms with Crippen molar-refractivity contribution in [1.82, 2.24) is 9.78 Å². The first-order valence-corrected chi connectivity index (χ1v) is 7.37. The van der Waals surface area contributed by atoms with Crippen molar-refractivity contribution >= 4 is 28.8 Å². The Hall–Kier alpha value is -3.35. The number of anilines is 1. The molecule has 0 fully saturated rings. The third-order valence-electron chi connectivity index (χ3n) is 3.24. The predicted octanol–water partition coefficient (Wildman–Crippen LogP) is 3.65. The van der Waals surface area contributed by atoms with Crippen molar-refractivity contribution < 1.29 is 19.1 Å². The number of rotatable bonds is 3.